The molecule has 0 unspecified atom stereocenters. The van der Waals surface area contributed by atoms with Gasteiger partial charge < -0.3 is 19.7 Å². The van der Waals surface area contributed by atoms with Gasteiger partial charge in [0.05, 0.1) is 17.9 Å². The molecule has 1 saturated carbocycles. The molecule has 2 amide bonds. The van der Waals surface area contributed by atoms with Gasteiger partial charge in [0.1, 0.15) is 6.04 Å². The maximum atomic E-state index is 13.7. The zero-order valence-electron chi connectivity index (χ0n) is 18.7. The number of nitrogens with zero attached hydrogens (tertiary/aromatic N) is 3. The standard InChI is InChI=1S/C25H26N4O4S/c30-24(27-19-9-5-2-6-10-19)23(18-7-3-1-4-8-18)29(25(31)20-14-26-34-28-20)15-17-11-12-21-22(13-17)33-16-32-21/h1,3-4,7-8,11-14,19,23H,2,5-6,9-10,15-16H2,(H,27,30)/t23-/m1/s1. The van der Waals surface area contributed by atoms with Crippen LogP contribution in [0.15, 0.2) is 54.7 Å². The monoisotopic (exact) mass is 478 g/mol. The number of benzene rings is 2. The van der Waals surface area contributed by atoms with Gasteiger partial charge in [0.2, 0.25) is 12.7 Å². The molecule has 1 aliphatic carbocycles. The molecule has 0 radical (unpaired) electrons. The number of hydrogen-bond acceptors (Lipinski definition) is 7. The molecule has 9 heteroatoms. The van der Waals surface area contributed by atoms with Gasteiger partial charge in [-0.2, -0.15) is 8.75 Å². The number of fused-ring (bicyclic) bond motifs is 1. The van der Waals surface area contributed by atoms with Crippen LogP contribution in [-0.2, 0) is 11.3 Å². The topological polar surface area (TPSA) is 93.7 Å². The van der Waals surface area contributed by atoms with E-state index >= 15 is 0 Å². The molecular weight excluding hydrogens is 452 g/mol. The Morgan fingerprint density at radius 3 is 2.62 bits per heavy atom. The van der Waals surface area contributed by atoms with Crippen molar-refractivity contribution >= 4 is 23.5 Å². The van der Waals surface area contributed by atoms with E-state index in [0.29, 0.717) is 11.5 Å². The third-order valence-corrected chi connectivity index (χ3v) is 6.74. The first kappa shape index (κ1) is 22.3. The fourth-order valence-corrected chi connectivity index (χ4v) is 4.96. The van der Waals surface area contributed by atoms with Gasteiger partial charge in [0, 0.05) is 12.6 Å². The Morgan fingerprint density at radius 2 is 1.85 bits per heavy atom. The lowest BCUT2D eigenvalue weighted by atomic mass is 9.94. The predicted molar refractivity (Wildman–Crippen MR) is 127 cm³/mol. The molecule has 1 atom stereocenters. The molecule has 34 heavy (non-hydrogen) atoms. The first-order valence-electron chi connectivity index (χ1n) is 11.5. The molecule has 2 aromatic carbocycles. The number of hydrogen-bond donors (Lipinski definition) is 1. The maximum Gasteiger partial charge on any atom is 0.276 e. The van der Waals surface area contributed by atoms with E-state index in [1.54, 1.807) is 4.90 Å². The average Bonchev–Trinajstić information content (AvgIpc) is 3.57. The fourth-order valence-electron chi connectivity index (χ4n) is 4.56. The van der Waals surface area contributed by atoms with Crippen LogP contribution >= 0.6 is 11.7 Å². The van der Waals surface area contributed by atoms with Crippen molar-refractivity contribution in [3.63, 3.8) is 0 Å². The van der Waals surface area contributed by atoms with Gasteiger partial charge in [-0.3, -0.25) is 9.59 Å². The van der Waals surface area contributed by atoms with Crippen LogP contribution in [-0.4, -0.2) is 38.3 Å². The van der Waals surface area contributed by atoms with Crippen molar-refractivity contribution in [2.75, 3.05) is 6.79 Å². The molecule has 176 valence electrons. The van der Waals surface area contributed by atoms with Gasteiger partial charge in [-0.15, -0.1) is 0 Å². The number of ether oxygens (including phenoxy) is 2. The van der Waals surface area contributed by atoms with Gasteiger partial charge in [0.15, 0.2) is 17.2 Å². The van der Waals surface area contributed by atoms with Crippen LogP contribution in [0.5, 0.6) is 11.5 Å². The summed E-state index contributed by atoms with van der Waals surface area (Å²) >= 11 is 0.968. The normalized spacial score (nSPS) is 16.1. The molecule has 2 heterocycles. The van der Waals surface area contributed by atoms with Crippen molar-refractivity contribution in [1.82, 2.24) is 19.0 Å². The predicted octanol–water partition coefficient (Wildman–Crippen LogP) is 4.10. The molecule has 0 spiro atoms. The average molecular weight is 479 g/mol. The van der Waals surface area contributed by atoms with E-state index < -0.39 is 6.04 Å². The highest BCUT2D eigenvalue weighted by molar-refractivity contribution is 6.99. The van der Waals surface area contributed by atoms with Gasteiger partial charge in [-0.25, -0.2) is 0 Å². The Labute approximate surface area is 202 Å². The Morgan fingerprint density at radius 1 is 1.06 bits per heavy atom. The van der Waals surface area contributed by atoms with Crippen molar-refractivity contribution in [3.05, 3.63) is 71.5 Å². The molecule has 0 saturated heterocycles. The minimum Gasteiger partial charge on any atom is -0.454 e. The molecular formula is C25H26N4O4S. The largest absolute Gasteiger partial charge is 0.454 e. The van der Waals surface area contributed by atoms with Crippen LogP contribution in [0.2, 0.25) is 0 Å². The van der Waals surface area contributed by atoms with Crippen LogP contribution in [0.3, 0.4) is 0 Å². The molecule has 1 aromatic heterocycles. The Hall–Kier alpha value is -3.46. The molecule has 1 aliphatic heterocycles. The smallest absolute Gasteiger partial charge is 0.276 e. The number of nitrogens with one attached hydrogen (secondary N) is 1. The molecule has 5 rings (SSSR count). The zero-order chi connectivity index (χ0) is 23.3. The first-order chi connectivity index (χ1) is 16.7. The quantitative estimate of drug-likeness (QED) is 0.550. The van der Waals surface area contributed by atoms with E-state index in [-0.39, 0.29) is 36.9 Å². The molecule has 8 nitrogen and oxygen atoms in total. The highest BCUT2D eigenvalue weighted by atomic mass is 32.1. The van der Waals surface area contributed by atoms with Crippen LogP contribution in [0, 0.1) is 0 Å². The minimum atomic E-state index is -0.817. The van der Waals surface area contributed by atoms with E-state index in [1.807, 2.05) is 48.5 Å². The van der Waals surface area contributed by atoms with Gasteiger partial charge in [0.25, 0.3) is 5.91 Å². The van der Waals surface area contributed by atoms with E-state index in [2.05, 4.69) is 14.1 Å². The van der Waals surface area contributed by atoms with E-state index in [1.165, 1.54) is 12.6 Å². The van der Waals surface area contributed by atoms with Gasteiger partial charge in [-0.1, -0.05) is 55.7 Å². The summed E-state index contributed by atoms with van der Waals surface area (Å²) < 4.78 is 19.1. The van der Waals surface area contributed by atoms with Gasteiger partial charge in [-0.05, 0) is 36.1 Å². The number of rotatable bonds is 7. The fraction of sp³-hybridized carbons (Fsp3) is 0.360. The van der Waals surface area contributed by atoms with Crippen molar-refractivity contribution in [2.45, 2.75) is 50.7 Å². The summed E-state index contributed by atoms with van der Waals surface area (Å²) in [6.45, 7) is 0.368. The second-order valence-electron chi connectivity index (χ2n) is 8.57. The summed E-state index contributed by atoms with van der Waals surface area (Å²) in [5, 5.41) is 3.21. The molecule has 1 fully saturated rings. The van der Waals surface area contributed by atoms with Crippen molar-refractivity contribution in [2.24, 2.45) is 0 Å². The number of carbonyl (C=O) groups excluding carboxylic acids is 2. The molecule has 0 bridgehead atoms. The summed E-state index contributed by atoms with van der Waals surface area (Å²) in [5.74, 6) is 0.762. The lowest BCUT2D eigenvalue weighted by molar-refractivity contribution is -0.127. The highest BCUT2D eigenvalue weighted by Gasteiger charge is 2.34. The highest BCUT2D eigenvalue weighted by Crippen LogP contribution is 2.34. The second kappa shape index (κ2) is 10.2. The van der Waals surface area contributed by atoms with E-state index in [4.69, 9.17) is 9.47 Å². The maximum absolute atomic E-state index is 13.7. The van der Waals surface area contributed by atoms with E-state index in [0.717, 1.165) is 48.5 Å². The van der Waals surface area contributed by atoms with Crippen molar-refractivity contribution in [1.29, 1.82) is 0 Å². The number of carbonyl (C=O) groups is 2. The van der Waals surface area contributed by atoms with Crippen LogP contribution < -0.4 is 14.8 Å². The summed E-state index contributed by atoms with van der Waals surface area (Å²) in [4.78, 5) is 28.9. The lowest BCUT2D eigenvalue weighted by Crippen LogP contribution is -2.47. The minimum absolute atomic E-state index is 0.121. The Kier molecular flexibility index (Phi) is 6.71. The second-order valence-corrected chi connectivity index (χ2v) is 9.13. The summed E-state index contributed by atoms with van der Waals surface area (Å²) in [5.41, 5.74) is 1.79. The molecule has 1 N–H and O–H groups in total. The first-order valence-corrected chi connectivity index (χ1v) is 12.2. The third kappa shape index (κ3) is 4.89. The summed E-state index contributed by atoms with van der Waals surface area (Å²) in [7, 11) is 0. The van der Waals surface area contributed by atoms with Crippen LogP contribution in [0.1, 0.15) is 59.8 Å². The third-order valence-electron chi connectivity index (χ3n) is 6.26. The Balaban J connectivity index is 1.50. The SMILES string of the molecule is O=C(NC1CCCCC1)[C@@H](c1ccccc1)N(Cc1ccc2c(c1)OCO2)C(=O)c1cnsn1. The summed E-state index contributed by atoms with van der Waals surface area (Å²) in [6, 6.07) is 14.3. The zero-order valence-corrected chi connectivity index (χ0v) is 19.5. The lowest BCUT2D eigenvalue weighted by Gasteiger charge is -2.33. The number of aromatic nitrogens is 2. The van der Waals surface area contributed by atoms with Crippen LogP contribution in [0.4, 0.5) is 0 Å². The molecule has 3 aromatic rings. The van der Waals surface area contributed by atoms with Crippen LogP contribution in [0.25, 0.3) is 0 Å². The summed E-state index contributed by atoms with van der Waals surface area (Å²) in [6.07, 6.45) is 6.76. The van der Waals surface area contributed by atoms with Crippen molar-refractivity contribution < 1.29 is 19.1 Å². The van der Waals surface area contributed by atoms with Crippen molar-refractivity contribution in [3.8, 4) is 11.5 Å². The molecule has 2 aliphatic rings. The Bertz CT molecular complexity index is 1130. The van der Waals surface area contributed by atoms with E-state index in [9.17, 15) is 9.59 Å². The van der Waals surface area contributed by atoms with Gasteiger partial charge >= 0.3 is 0 Å². The number of amides is 2.